The predicted molar refractivity (Wildman–Crippen MR) is 83.7 cm³/mol. The van der Waals surface area contributed by atoms with Gasteiger partial charge in [-0.05, 0) is 23.6 Å². The monoisotopic (exact) mass is 301 g/mol. The lowest BCUT2D eigenvalue weighted by atomic mass is 10.2. The van der Waals surface area contributed by atoms with Gasteiger partial charge in [0.05, 0.1) is 30.1 Å². The summed E-state index contributed by atoms with van der Waals surface area (Å²) in [7, 11) is 0. The fourth-order valence-corrected chi connectivity index (χ4v) is 3.02. The third-order valence-electron chi connectivity index (χ3n) is 3.04. The molecule has 1 heterocycles. The van der Waals surface area contributed by atoms with Gasteiger partial charge in [-0.2, -0.15) is 5.26 Å². The third-order valence-corrected chi connectivity index (χ3v) is 4.10. The second kappa shape index (κ2) is 7.30. The molecule has 0 atom stereocenters. The molecule has 0 amide bonds. The molecule has 0 bridgehead atoms. The summed E-state index contributed by atoms with van der Waals surface area (Å²) in [4.78, 5) is 4.40. The molecule has 2 rings (SSSR count). The van der Waals surface area contributed by atoms with Crippen molar-refractivity contribution in [1.29, 1.82) is 5.26 Å². The zero-order valence-corrected chi connectivity index (χ0v) is 13.1. The summed E-state index contributed by atoms with van der Waals surface area (Å²) in [6.45, 7) is 5.14. The van der Waals surface area contributed by atoms with E-state index in [9.17, 15) is 5.11 Å². The summed E-state index contributed by atoms with van der Waals surface area (Å²) < 4.78 is 2.07. The Kier molecular flexibility index (Phi) is 5.43. The smallest absolute Gasteiger partial charge is 0.168 e. The molecule has 0 fully saturated rings. The highest BCUT2D eigenvalue weighted by molar-refractivity contribution is 7.98. The number of nitrogens with zero attached hydrogens (tertiary/aromatic N) is 3. The van der Waals surface area contributed by atoms with Crippen LogP contribution in [0.2, 0.25) is 0 Å². The van der Waals surface area contributed by atoms with E-state index in [2.05, 4.69) is 29.5 Å². The molecule has 0 aliphatic rings. The number of benzene rings is 1. The van der Waals surface area contributed by atoms with Crippen LogP contribution in [-0.2, 0) is 18.9 Å². The molecule has 4 nitrogen and oxygen atoms in total. The van der Waals surface area contributed by atoms with Crippen LogP contribution < -0.4 is 0 Å². The molecule has 1 aromatic heterocycles. The van der Waals surface area contributed by atoms with Crippen LogP contribution >= 0.6 is 11.8 Å². The van der Waals surface area contributed by atoms with E-state index in [4.69, 9.17) is 5.26 Å². The van der Waals surface area contributed by atoms with Gasteiger partial charge in [0.1, 0.15) is 0 Å². The van der Waals surface area contributed by atoms with Crippen molar-refractivity contribution in [2.75, 3.05) is 0 Å². The topological polar surface area (TPSA) is 61.8 Å². The normalized spacial score (nSPS) is 10.8. The average molecular weight is 301 g/mol. The van der Waals surface area contributed by atoms with Gasteiger partial charge < -0.3 is 9.67 Å². The largest absolute Gasteiger partial charge is 0.390 e. The fraction of sp³-hybridized carbons (Fsp3) is 0.375. The number of imidazole rings is 1. The van der Waals surface area contributed by atoms with Crippen molar-refractivity contribution in [2.45, 2.75) is 37.9 Å². The van der Waals surface area contributed by atoms with E-state index in [0.29, 0.717) is 11.5 Å². The number of aliphatic hydroxyl groups excluding tert-OH is 1. The maximum Gasteiger partial charge on any atom is 0.168 e. The molecule has 0 saturated heterocycles. The van der Waals surface area contributed by atoms with Crippen molar-refractivity contribution in [2.24, 2.45) is 5.92 Å². The van der Waals surface area contributed by atoms with Crippen molar-refractivity contribution >= 4 is 11.8 Å². The van der Waals surface area contributed by atoms with E-state index in [1.807, 2.05) is 18.2 Å². The molecule has 110 valence electrons. The molecule has 0 aliphatic carbocycles. The van der Waals surface area contributed by atoms with Gasteiger partial charge in [0, 0.05) is 12.3 Å². The summed E-state index contributed by atoms with van der Waals surface area (Å²) in [5.41, 5.74) is 2.62. The van der Waals surface area contributed by atoms with Gasteiger partial charge in [-0.1, -0.05) is 37.7 Å². The second-order valence-corrected chi connectivity index (χ2v) is 6.24. The Morgan fingerprint density at radius 2 is 2.24 bits per heavy atom. The van der Waals surface area contributed by atoms with Gasteiger partial charge in [-0.25, -0.2) is 4.98 Å². The van der Waals surface area contributed by atoms with Crippen molar-refractivity contribution in [3.63, 3.8) is 0 Å². The number of hydrogen-bond donors (Lipinski definition) is 1. The zero-order chi connectivity index (χ0) is 15.2. The van der Waals surface area contributed by atoms with E-state index < -0.39 is 0 Å². The van der Waals surface area contributed by atoms with Crippen molar-refractivity contribution < 1.29 is 5.11 Å². The van der Waals surface area contributed by atoms with Crippen molar-refractivity contribution in [3.8, 4) is 6.07 Å². The summed E-state index contributed by atoms with van der Waals surface area (Å²) in [6, 6.07) is 9.76. The molecule has 0 radical (unpaired) electrons. The number of nitriles is 1. The molecular formula is C16H19N3OS. The van der Waals surface area contributed by atoms with E-state index in [1.54, 1.807) is 24.0 Å². The van der Waals surface area contributed by atoms with Crippen molar-refractivity contribution in [3.05, 3.63) is 47.3 Å². The quantitative estimate of drug-likeness (QED) is 0.832. The third kappa shape index (κ3) is 4.10. The minimum absolute atomic E-state index is 0.00416. The predicted octanol–water partition coefficient (Wildman–Crippen LogP) is 3.20. The fourth-order valence-electron chi connectivity index (χ4n) is 2.07. The van der Waals surface area contributed by atoms with Gasteiger partial charge in [0.2, 0.25) is 0 Å². The first-order valence-electron chi connectivity index (χ1n) is 6.91. The van der Waals surface area contributed by atoms with Crippen LogP contribution in [0.1, 0.15) is 30.7 Å². The SMILES string of the molecule is CC(C)Cn1c(CO)cnc1SCc1cccc(C#N)c1. The standard InChI is InChI=1S/C16H19N3OS/c1-12(2)9-19-15(10-20)8-18-16(19)21-11-14-5-3-4-13(6-14)7-17/h3-6,8,12,20H,9-11H2,1-2H3. The van der Waals surface area contributed by atoms with Crippen molar-refractivity contribution in [1.82, 2.24) is 9.55 Å². The number of rotatable bonds is 6. The van der Waals surface area contributed by atoms with Crippen LogP contribution in [0.5, 0.6) is 0 Å². The van der Waals surface area contributed by atoms with Gasteiger partial charge in [0.15, 0.2) is 5.16 Å². The van der Waals surface area contributed by atoms with Crippen LogP contribution in [0.4, 0.5) is 0 Å². The maximum absolute atomic E-state index is 9.39. The minimum Gasteiger partial charge on any atom is -0.390 e. The Morgan fingerprint density at radius 3 is 2.90 bits per heavy atom. The van der Waals surface area contributed by atoms with Crippen LogP contribution in [0.25, 0.3) is 0 Å². The first-order chi connectivity index (χ1) is 10.1. The number of hydrogen-bond acceptors (Lipinski definition) is 4. The Balaban J connectivity index is 2.12. The van der Waals surface area contributed by atoms with Crippen LogP contribution in [0.3, 0.4) is 0 Å². The van der Waals surface area contributed by atoms with E-state index >= 15 is 0 Å². The van der Waals surface area contributed by atoms with Gasteiger partial charge in [-0.15, -0.1) is 0 Å². The average Bonchev–Trinajstić information content (AvgIpc) is 2.86. The first kappa shape index (κ1) is 15.6. The number of aliphatic hydroxyl groups is 1. The maximum atomic E-state index is 9.39. The van der Waals surface area contributed by atoms with Gasteiger partial charge in [-0.3, -0.25) is 0 Å². The van der Waals surface area contributed by atoms with Crippen LogP contribution in [0.15, 0.2) is 35.6 Å². The highest BCUT2D eigenvalue weighted by Crippen LogP contribution is 2.24. The molecule has 0 spiro atoms. The number of aromatic nitrogens is 2. The highest BCUT2D eigenvalue weighted by atomic mass is 32.2. The van der Waals surface area contributed by atoms with Gasteiger partial charge in [0.25, 0.3) is 0 Å². The molecule has 2 aromatic rings. The lowest BCUT2D eigenvalue weighted by Crippen LogP contribution is -2.09. The van der Waals surface area contributed by atoms with E-state index in [1.165, 1.54) is 0 Å². The lowest BCUT2D eigenvalue weighted by molar-refractivity contribution is 0.266. The molecule has 0 saturated carbocycles. The molecule has 0 unspecified atom stereocenters. The molecule has 5 heteroatoms. The number of thioether (sulfide) groups is 1. The molecule has 21 heavy (non-hydrogen) atoms. The summed E-state index contributed by atoms with van der Waals surface area (Å²) in [6.07, 6.45) is 1.73. The molecule has 1 N–H and O–H groups in total. The first-order valence-corrected chi connectivity index (χ1v) is 7.89. The summed E-state index contributed by atoms with van der Waals surface area (Å²) >= 11 is 1.63. The lowest BCUT2D eigenvalue weighted by Gasteiger charge is -2.13. The molecule has 0 aliphatic heterocycles. The second-order valence-electron chi connectivity index (χ2n) is 5.30. The molecule has 1 aromatic carbocycles. The summed E-state index contributed by atoms with van der Waals surface area (Å²) in [5, 5.41) is 19.2. The van der Waals surface area contributed by atoms with Crippen LogP contribution in [-0.4, -0.2) is 14.7 Å². The van der Waals surface area contributed by atoms with Gasteiger partial charge >= 0.3 is 0 Å². The molecular weight excluding hydrogens is 282 g/mol. The van der Waals surface area contributed by atoms with E-state index in [-0.39, 0.29) is 6.61 Å². The zero-order valence-electron chi connectivity index (χ0n) is 12.3. The Labute approximate surface area is 129 Å². The van der Waals surface area contributed by atoms with Crippen LogP contribution in [0, 0.1) is 17.2 Å². The minimum atomic E-state index is 0.00416. The Morgan fingerprint density at radius 1 is 1.43 bits per heavy atom. The van der Waals surface area contributed by atoms with E-state index in [0.717, 1.165) is 28.7 Å². The Bertz CT molecular complexity index is 643. The highest BCUT2D eigenvalue weighted by Gasteiger charge is 2.11. The summed E-state index contributed by atoms with van der Waals surface area (Å²) in [5.74, 6) is 1.25. The Hall–Kier alpha value is -1.77.